The van der Waals surface area contributed by atoms with Gasteiger partial charge in [-0.1, -0.05) is 47.5 Å². The van der Waals surface area contributed by atoms with Gasteiger partial charge in [-0.25, -0.2) is 13.8 Å². The van der Waals surface area contributed by atoms with Gasteiger partial charge in [-0.15, -0.1) is 0 Å². The van der Waals surface area contributed by atoms with E-state index >= 15 is 0 Å². The lowest BCUT2D eigenvalue weighted by Gasteiger charge is -2.23. The Labute approximate surface area is 158 Å². The number of nitrogens with one attached hydrogen (secondary N) is 1. The van der Waals surface area contributed by atoms with Crippen LogP contribution >= 0.6 is 11.6 Å². The van der Waals surface area contributed by atoms with Crippen LogP contribution < -0.4 is 9.73 Å². The number of amides is 1. The van der Waals surface area contributed by atoms with Crippen molar-refractivity contribution in [1.29, 1.82) is 0 Å². The number of hydrogen-bond acceptors (Lipinski definition) is 4. The Morgan fingerprint density at radius 2 is 1.96 bits per heavy atom. The molecule has 0 atom stereocenters. The normalized spacial score (nSPS) is 11.5. The van der Waals surface area contributed by atoms with E-state index in [0.29, 0.717) is 16.3 Å². The molecule has 0 radical (unpaired) electrons. The predicted molar refractivity (Wildman–Crippen MR) is 105 cm³/mol. The van der Waals surface area contributed by atoms with E-state index in [4.69, 9.17) is 11.6 Å². The summed E-state index contributed by atoms with van der Waals surface area (Å²) in [7, 11) is -3.67. The summed E-state index contributed by atoms with van der Waals surface area (Å²) in [6.07, 6.45) is 2.54. The van der Waals surface area contributed by atoms with Crippen LogP contribution in [0.2, 0.25) is 5.02 Å². The van der Waals surface area contributed by atoms with Gasteiger partial charge in [0.05, 0.1) is 18.2 Å². The van der Waals surface area contributed by atoms with Crippen LogP contribution in [0, 0.1) is 13.8 Å². The summed E-state index contributed by atoms with van der Waals surface area (Å²) in [5, 5.41) is 4.27. The highest BCUT2D eigenvalue weighted by molar-refractivity contribution is 7.92. The number of carbonyl (C=O) groups is 1. The number of anilines is 1. The molecule has 0 fully saturated rings. The molecule has 26 heavy (non-hydrogen) atoms. The number of rotatable bonds is 6. The van der Waals surface area contributed by atoms with E-state index in [2.05, 4.69) is 10.5 Å². The molecule has 0 aliphatic carbocycles. The summed E-state index contributed by atoms with van der Waals surface area (Å²) >= 11 is 5.97. The summed E-state index contributed by atoms with van der Waals surface area (Å²) in [5.74, 6) is -0.557. The van der Waals surface area contributed by atoms with Crippen LogP contribution in [-0.4, -0.2) is 33.3 Å². The molecule has 0 aliphatic rings. The van der Waals surface area contributed by atoms with Gasteiger partial charge in [0.15, 0.2) is 0 Å². The average Bonchev–Trinajstić information content (AvgIpc) is 2.54. The van der Waals surface area contributed by atoms with Crippen LogP contribution in [0.1, 0.15) is 16.7 Å². The standard InChI is InChI=1S/C18H20ClN3O3S/c1-13-5-4-6-15(9-13)11-20-21-18(23)12-22(26(3,24)25)17-10-16(19)8-7-14(17)2/h4-11H,12H2,1-3H3,(H,21,23)/b20-11-. The van der Waals surface area contributed by atoms with Crippen LogP contribution in [0.25, 0.3) is 0 Å². The van der Waals surface area contributed by atoms with Crippen molar-refractivity contribution in [2.45, 2.75) is 13.8 Å². The Bertz CT molecular complexity index is 942. The molecule has 0 aromatic heterocycles. The van der Waals surface area contributed by atoms with Crippen LogP contribution in [0.5, 0.6) is 0 Å². The lowest BCUT2D eigenvalue weighted by Crippen LogP contribution is -2.39. The fourth-order valence-corrected chi connectivity index (χ4v) is 3.40. The number of nitrogens with zero attached hydrogens (tertiary/aromatic N) is 2. The minimum absolute atomic E-state index is 0.359. The first-order chi connectivity index (χ1) is 12.2. The van der Waals surface area contributed by atoms with E-state index < -0.39 is 22.5 Å². The molecular weight excluding hydrogens is 374 g/mol. The largest absolute Gasteiger partial charge is 0.271 e. The molecule has 0 unspecified atom stereocenters. The van der Waals surface area contributed by atoms with Gasteiger partial charge in [0.2, 0.25) is 10.0 Å². The lowest BCUT2D eigenvalue weighted by atomic mass is 10.2. The monoisotopic (exact) mass is 393 g/mol. The van der Waals surface area contributed by atoms with Crippen LogP contribution in [-0.2, 0) is 14.8 Å². The zero-order valence-electron chi connectivity index (χ0n) is 14.7. The number of sulfonamides is 1. The number of benzene rings is 2. The van der Waals surface area contributed by atoms with E-state index in [-0.39, 0.29) is 0 Å². The van der Waals surface area contributed by atoms with Crippen molar-refractivity contribution in [3.05, 3.63) is 64.2 Å². The SMILES string of the molecule is Cc1cccc(/C=N\NC(=O)CN(c2cc(Cl)ccc2C)S(C)(=O)=O)c1. The van der Waals surface area contributed by atoms with Crippen LogP contribution in [0.4, 0.5) is 5.69 Å². The van der Waals surface area contributed by atoms with Gasteiger partial charge in [-0.2, -0.15) is 5.10 Å². The second-order valence-corrected chi connectivity index (χ2v) is 8.25. The molecule has 0 bridgehead atoms. The van der Waals surface area contributed by atoms with Crippen molar-refractivity contribution in [2.24, 2.45) is 5.10 Å². The summed E-state index contributed by atoms with van der Waals surface area (Å²) in [6, 6.07) is 12.5. The van der Waals surface area contributed by atoms with Crippen molar-refractivity contribution in [2.75, 3.05) is 17.1 Å². The first-order valence-electron chi connectivity index (χ1n) is 7.79. The minimum atomic E-state index is -3.67. The number of hydrogen-bond donors (Lipinski definition) is 1. The first-order valence-corrected chi connectivity index (χ1v) is 10.0. The maximum atomic E-state index is 12.2. The molecule has 6 nitrogen and oxygen atoms in total. The fourth-order valence-electron chi connectivity index (χ4n) is 2.33. The van der Waals surface area contributed by atoms with E-state index in [1.54, 1.807) is 19.1 Å². The maximum Gasteiger partial charge on any atom is 0.260 e. The zero-order chi connectivity index (χ0) is 19.3. The Hall–Kier alpha value is -2.38. The highest BCUT2D eigenvalue weighted by Gasteiger charge is 2.22. The molecule has 0 spiro atoms. The third kappa shape index (κ3) is 5.57. The van der Waals surface area contributed by atoms with E-state index in [1.165, 1.54) is 12.3 Å². The highest BCUT2D eigenvalue weighted by atomic mass is 35.5. The molecule has 1 N–H and O–H groups in total. The smallest absolute Gasteiger partial charge is 0.260 e. The molecule has 0 aliphatic heterocycles. The fraction of sp³-hybridized carbons (Fsp3) is 0.222. The Morgan fingerprint density at radius 1 is 1.23 bits per heavy atom. The summed E-state index contributed by atoms with van der Waals surface area (Å²) in [5.41, 5.74) is 5.30. The summed E-state index contributed by atoms with van der Waals surface area (Å²) in [6.45, 7) is 3.30. The topological polar surface area (TPSA) is 78.8 Å². The molecule has 0 saturated carbocycles. The maximum absolute atomic E-state index is 12.2. The Kier molecular flexibility index (Phi) is 6.39. The van der Waals surface area contributed by atoms with Crippen molar-refractivity contribution >= 4 is 39.4 Å². The first kappa shape index (κ1) is 19.9. The number of carbonyl (C=O) groups excluding carboxylic acids is 1. The molecule has 8 heteroatoms. The number of aryl methyl sites for hydroxylation is 2. The third-order valence-electron chi connectivity index (χ3n) is 3.57. The predicted octanol–water partition coefficient (Wildman–Crippen LogP) is 2.87. The van der Waals surface area contributed by atoms with Crippen molar-refractivity contribution in [3.8, 4) is 0 Å². The molecule has 2 rings (SSSR count). The van der Waals surface area contributed by atoms with Crippen LogP contribution in [0.3, 0.4) is 0 Å². The third-order valence-corrected chi connectivity index (χ3v) is 4.93. The molecule has 2 aromatic rings. The van der Waals surface area contributed by atoms with Gasteiger partial charge < -0.3 is 0 Å². The Morgan fingerprint density at radius 3 is 2.62 bits per heavy atom. The number of hydrazone groups is 1. The Balaban J connectivity index is 2.14. The second kappa shape index (κ2) is 8.33. The van der Waals surface area contributed by atoms with Gasteiger partial charge in [0.1, 0.15) is 6.54 Å². The highest BCUT2D eigenvalue weighted by Crippen LogP contribution is 2.26. The van der Waals surface area contributed by atoms with Crippen molar-refractivity contribution < 1.29 is 13.2 Å². The van der Waals surface area contributed by atoms with Gasteiger partial charge in [-0.3, -0.25) is 9.10 Å². The molecule has 2 aromatic carbocycles. The molecular formula is C18H20ClN3O3S. The number of halogens is 1. The van der Waals surface area contributed by atoms with E-state index in [1.807, 2.05) is 31.2 Å². The summed E-state index contributed by atoms with van der Waals surface area (Å²) < 4.78 is 25.3. The molecule has 0 saturated heterocycles. The van der Waals surface area contributed by atoms with Gasteiger partial charge in [0, 0.05) is 5.02 Å². The van der Waals surface area contributed by atoms with Crippen molar-refractivity contribution in [3.63, 3.8) is 0 Å². The zero-order valence-corrected chi connectivity index (χ0v) is 16.3. The summed E-state index contributed by atoms with van der Waals surface area (Å²) in [4.78, 5) is 12.2. The lowest BCUT2D eigenvalue weighted by molar-refractivity contribution is -0.119. The van der Waals surface area contributed by atoms with Gasteiger partial charge >= 0.3 is 0 Å². The molecule has 0 heterocycles. The minimum Gasteiger partial charge on any atom is -0.271 e. The van der Waals surface area contributed by atoms with Gasteiger partial charge in [0.25, 0.3) is 5.91 Å². The van der Waals surface area contributed by atoms with Gasteiger partial charge in [-0.05, 0) is 37.1 Å². The molecule has 138 valence electrons. The van der Waals surface area contributed by atoms with E-state index in [9.17, 15) is 13.2 Å². The average molecular weight is 394 g/mol. The van der Waals surface area contributed by atoms with Crippen LogP contribution in [0.15, 0.2) is 47.6 Å². The second-order valence-electron chi connectivity index (χ2n) is 5.91. The quantitative estimate of drug-likeness (QED) is 0.605. The van der Waals surface area contributed by atoms with E-state index in [0.717, 1.165) is 21.7 Å². The van der Waals surface area contributed by atoms with Crippen molar-refractivity contribution in [1.82, 2.24) is 5.43 Å². The molecule has 1 amide bonds.